The third-order valence-corrected chi connectivity index (χ3v) is 6.44. The lowest BCUT2D eigenvalue weighted by atomic mass is 9.88. The number of alkyl halides is 3. The summed E-state index contributed by atoms with van der Waals surface area (Å²) in [5.74, 6) is 0.411. The van der Waals surface area contributed by atoms with Gasteiger partial charge < -0.3 is 10.3 Å². The summed E-state index contributed by atoms with van der Waals surface area (Å²) >= 11 is 0. The molecule has 0 bridgehead atoms. The van der Waals surface area contributed by atoms with Crippen LogP contribution in [0.1, 0.15) is 37.3 Å². The lowest BCUT2D eigenvalue weighted by molar-refractivity contribution is -0.137. The van der Waals surface area contributed by atoms with Crippen molar-refractivity contribution in [2.24, 2.45) is 10.9 Å². The van der Waals surface area contributed by atoms with Crippen molar-refractivity contribution in [2.45, 2.75) is 44.7 Å². The van der Waals surface area contributed by atoms with Gasteiger partial charge in [0.15, 0.2) is 6.29 Å². The number of pyridine rings is 1. The topological polar surface area (TPSA) is 116 Å². The van der Waals surface area contributed by atoms with E-state index in [4.69, 9.17) is 5.26 Å². The van der Waals surface area contributed by atoms with Crippen LogP contribution in [0.3, 0.4) is 0 Å². The minimum absolute atomic E-state index is 0.158. The van der Waals surface area contributed by atoms with Crippen LogP contribution < -0.4 is 10.6 Å². The smallest absolute Gasteiger partial charge is 0.356 e. The summed E-state index contributed by atoms with van der Waals surface area (Å²) < 4.78 is 39.7. The molecule has 1 fully saturated rings. The molecule has 4 heterocycles. The number of piperidine rings is 1. The Morgan fingerprint density at radius 1 is 1.29 bits per heavy atom. The highest BCUT2D eigenvalue weighted by atomic mass is 19.4. The molecule has 0 spiro atoms. The number of nitriles is 2. The molecular formula is C23H25F3N8. The maximum absolute atomic E-state index is 13.2. The maximum Gasteiger partial charge on any atom is 0.417 e. The molecule has 11 heteroatoms. The fourth-order valence-electron chi connectivity index (χ4n) is 4.61. The SMILES string of the molecule is CCC(NC1N=C(c2c[nH]c3ncc(C(F)(F)F)cc23)C(C#N)=CN1)C1CCN(CC#N)CC1. The van der Waals surface area contributed by atoms with E-state index in [1.54, 1.807) is 6.20 Å². The number of H-pyrrole nitrogens is 1. The van der Waals surface area contributed by atoms with E-state index in [9.17, 15) is 18.4 Å². The Hall–Kier alpha value is -3.41. The van der Waals surface area contributed by atoms with E-state index in [0.717, 1.165) is 44.6 Å². The molecule has 178 valence electrons. The van der Waals surface area contributed by atoms with Gasteiger partial charge in [-0.3, -0.25) is 10.2 Å². The van der Waals surface area contributed by atoms with Crippen LogP contribution in [0.4, 0.5) is 13.2 Å². The highest BCUT2D eigenvalue weighted by molar-refractivity contribution is 6.21. The number of hydrogen-bond donors (Lipinski definition) is 3. The van der Waals surface area contributed by atoms with Crippen LogP contribution in [0.2, 0.25) is 0 Å². The summed E-state index contributed by atoms with van der Waals surface area (Å²) in [6.07, 6.45) is 1.60. The Morgan fingerprint density at radius 3 is 2.71 bits per heavy atom. The molecule has 4 rings (SSSR count). The highest BCUT2D eigenvalue weighted by Gasteiger charge is 2.32. The number of nitrogens with zero attached hydrogens (tertiary/aromatic N) is 5. The molecular weight excluding hydrogens is 445 g/mol. The van der Waals surface area contributed by atoms with E-state index in [1.165, 1.54) is 6.20 Å². The van der Waals surface area contributed by atoms with Crippen molar-refractivity contribution in [3.63, 3.8) is 0 Å². The average Bonchev–Trinajstić information content (AvgIpc) is 3.26. The van der Waals surface area contributed by atoms with Gasteiger partial charge in [-0.25, -0.2) is 9.98 Å². The van der Waals surface area contributed by atoms with Crippen LogP contribution in [0.15, 0.2) is 35.2 Å². The van der Waals surface area contributed by atoms with Crippen molar-refractivity contribution in [3.05, 3.63) is 41.4 Å². The average molecular weight is 471 g/mol. The zero-order chi connectivity index (χ0) is 24.3. The first-order valence-corrected chi connectivity index (χ1v) is 11.2. The van der Waals surface area contributed by atoms with E-state index >= 15 is 0 Å². The van der Waals surface area contributed by atoms with E-state index in [0.29, 0.717) is 29.4 Å². The Kier molecular flexibility index (Phi) is 6.87. The van der Waals surface area contributed by atoms with Crippen LogP contribution in [-0.4, -0.2) is 52.5 Å². The Balaban J connectivity index is 1.58. The summed E-state index contributed by atoms with van der Waals surface area (Å²) in [5.41, 5.74) is 0.370. The summed E-state index contributed by atoms with van der Waals surface area (Å²) in [7, 11) is 0. The van der Waals surface area contributed by atoms with Gasteiger partial charge in [0, 0.05) is 35.6 Å². The third-order valence-electron chi connectivity index (χ3n) is 6.44. The lowest BCUT2D eigenvalue weighted by Gasteiger charge is -2.36. The zero-order valence-electron chi connectivity index (χ0n) is 18.7. The lowest BCUT2D eigenvalue weighted by Crippen LogP contribution is -2.51. The number of aliphatic imine (C=N–C) groups is 1. The molecule has 34 heavy (non-hydrogen) atoms. The van der Waals surface area contributed by atoms with E-state index in [1.807, 2.05) is 0 Å². The summed E-state index contributed by atoms with van der Waals surface area (Å²) in [4.78, 5) is 13.6. The van der Waals surface area contributed by atoms with Gasteiger partial charge in [0.2, 0.25) is 0 Å². The van der Waals surface area contributed by atoms with Crippen molar-refractivity contribution >= 4 is 16.7 Å². The minimum Gasteiger partial charge on any atom is -0.356 e. The first-order valence-electron chi connectivity index (χ1n) is 11.2. The predicted molar refractivity (Wildman–Crippen MR) is 120 cm³/mol. The predicted octanol–water partition coefficient (Wildman–Crippen LogP) is 3.27. The van der Waals surface area contributed by atoms with Crippen molar-refractivity contribution in [3.8, 4) is 12.1 Å². The van der Waals surface area contributed by atoms with Crippen LogP contribution >= 0.6 is 0 Å². The van der Waals surface area contributed by atoms with Gasteiger partial charge in [-0.15, -0.1) is 0 Å². The molecule has 0 aromatic carbocycles. The summed E-state index contributed by atoms with van der Waals surface area (Å²) in [6, 6.07) is 5.45. The molecule has 2 aromatic rings. The molecule has 2 unspecified atom stereocenters. The molecule has 0 radical (unpaired) electrons. The van der Waals surface area contributed by atoms with Crippen LogP contribution in [-0.2, 0) is 6.18 Å². The molecule has 2 aliphatic heterocycles. The van der Waals surface area contributed by atoms with E-state index in [-0.39, 0.29) is 17.0 Å². The zero-order valence-corrected chi connectivity index (χ0v) is 18.7. The Labute approximate surface area is 195 Å². The maximum atomic E-state index is 13.2. The van der Waals surface area contributed by atoms with Crippen LogP contribution in [0, 0.1) is 28.6 Å². The number of hydrogen-bond acceptors (Lipinski definition) is 7. The first kappa shape index (κ1) is 23.7. The van der Waals surface area contributed by atoms with Gasteiger partial charge in [-0.2, -0.15) is 23.7 Å². The minimum atomic E-state index is -4.53. The number of fused-ring (bicyclic) bond motifs is 1. The monoisotopic (exact) mass is 470 g/mol. The fourth-order valence-corrected chi connectivity index (χ4v) is 4.61. The first-order chi connectivity index (χ1) is 16.3. The molecule has 0 aliphatic carbocycles. The third kappa shape index (κ3) is 4.91. The van der Waals surface area contributed by atoms with Crippen molar-refractivity contribution in [1.82, 2.24) is 25.5 Å². The van der Waals surface area contributed by atoms with Crippen LogP contribution in [0.5, 0.6) is 0 Å². The number of likely N-dealkylation sites (tertiary alicyclic amines) is 1. The molecule has 1 saturated heterocycles. The number of allylic oxidation sites excluding steroid dienone is 1. The van der Waals surface area contributed by atoms with Crippen molar-refractivity contribution in [2.75, 3.05) is 19.6 Å². The highest BCUT2D eigenvalue weighted by Crippen LogP contribution is 2.32. The number of nitrogens with one attached hydrogen (secondary N) is 3. The fraction of sp³-hybridized carbons (Fsp3) is 0.478. The second-order valence-corrected chi connectivity index (χ2v) is 8.49. The number of aromatic nitrogens is 2. The van der Waals surface area contributed by atoms with Gasteiger partial charge in [0.25, 0.3) is 0 Å². The largest absolute Gasteiger partial charge is 0.417 e. The second-order valence-electron chi connectivity index (χ2n) is 8.49. The Bertz CT molecular complexity index is 1180. The summed E-state index contributed by atoms with van der Waals surface area (Å²) in [5, 5.41) is 25.4. The van der Waals surface area contributed by atoms with Gasteiger partial charge >= 0.3 is 6.18 Å². The molecule has 3 N–H and O–H groups in total. The molecule has 2 atom stereocenters. The number of aromatic amines is 1. The second kappa shape index (κ2) is 9.84. The normalized spacial score (nSPS) is 20.7. The van der Waals surface area contributed by atoms with Gasteiger partial charge in [-0.05, 0) is 44.3 Å². The molecule has 2 aliphatic rings. The van der Waals surface area contributed by atoms with Crippen LogP contribution in [0.25, 0.3) is 11.0 Å². The standard InChI is InChI=1S/C23H25F3N8/c1-2-19(14-3-6-34(7-4-14)8-5-27)32-22-31-11-15(10-28)20(33-22)18-13-30-21-17(18)9-16(12-29-21)23(24,25)26/h9,11-14,19,22,31-32H,2-4,6-8H2,1H3,(H,29,30). The van der Waals surface area contributed by atoms with Gasteiger partial charge in [-0.1, -0.05) is 6.92 Å². The van der Waals surface area contributed by atoms with E-state index < -0.39 is 18.0 Å². The molecule has 0 saturated carbocycles. The van der Waals surface area contributed by atoms with E-state index in [2.05, 4.69) is 49.6 Å². The number of rotatable bonds is 6. The van der Waals surface area contributed by atoms with Crippen molar-refractivity contribution < 1.29 is 13.2 Å². The quantitative estimate of drug-likeness (QED) is 0.558. The Morgan fingerprint density at radius 2 is 2.06 bits per heavy atom. The van der Waals surface area contributed by atoms with Crippen molar-refractivity contribution in [1.29, 1.82) is 10.5 Å². The van der Waals surface area contributed by atoms with Gasteiger partial charge in [0.1, 0.15) is 11.7 Å². The number of halogens is 3. The molecule has 8 nitrogen and oxygen atoms in total. The summed E-state index contributed by atoms with van der Waals surface area (Å²) in [6.45, 7) is 4.26. The molecule has 2 aromatic heterocycles. The molecule has 0 amide bonds. The van der Waals surface area contributed by atoms with Gasteiger partial charge in [0.05, 0.1) is 29.5 Å².